The molecule has 0 aliphatic carbocycles. The normalized spacial score (nSPS) is 19.4. The summed E-state index contributed by atoms with van der Waals surface area (Å²) in [6.07, 6.45) is 1.55. The van der Waals surface area contributed by atoms with Gasteiger partial charge in [-0.2, -0.15) is 0 Å². The summed E-state index contributed by atoms with van der Waals surface area (Å²) in [5, 5.41) is 5.00. The van der Waals surface area contributed by atoms with E-state index in [0.29, 0.717) is 4.60 Å². The monoisotopic (exact) mass is 364 g/mol. The molecule has 1 aromatic heterocycles. The van der Waals surface area contributed by atoms with Crippen LogP contribution in [-0.2, 0) is 14.8 Å². The summed E-state index contributed by atoms with van der Waals surface area (Å²) in [6.45, 7) is 0.224. The highest BCUT2D eigenvalue weighted by Crippen LogP contribution is 2.30. The van der Waals surface area contributed by atoms with Gasteiger partial charge in [-0.15, -0.1) is 0 Å². The lowest BCUT2D eigenvalue weighted by Crippen LogP contribution is -2.28. The largest absolute Gasteiger partial charge is 0.478 e. The van der Waals surface area contributed by atoms with E-state index < -0.39 is 10.0 Å². The molecule has 20 heavy (non-hydrogen) atoms. The molecule has 1 aliphatic heterocycles. The minimum Gasteiger partial charge on any atom is -0.478 e. The molecule has 2 N–H and O–H groups in total. The van der Waals surface area contributed by atoms with Crippen molar-refractivity contribution in [3.05, 3.63) is 10.8 Å². The van der Waals surface area contributed by atoms with Gasteiger partial charge < -0.3 is 4.74 Å². The number of aromatic nitrogens is 2. The van der Waals surface area contributed by atoms with Gasteiger partial charge in [0.05, 0.1) is 19.1 Å². The first-order valence-electron chi connectivity index (χ1n) is 5.67. The van der Waals surface area contributed by atoms with Crippen LogP contribution < -0.4 is 14.8 Å². The van der Waals surface area contributed by atoms with E-state index in [9.17, 15) is 13.2 Å². The number of hydrogen-bond donors (Lipinski definition) is 1. The fraction of sp³-hybridized carbons (Fsp3) is 0.500. The molecule has 1 aliphatic rings. The lowest BCUT2D eigenvalue weighted by Gasteiger charge is -2.17. The molecule has 0 radical (unpaired) electrons. The summed E-state index contributed by atoms with van der Waals surface area (Å²) in [5.74, 6) is -0.343. The third-order valence-corrected chi connectivity index (χ3v) is 4.13. The zero-order valence-electron chi connectivity index (χ0n) is 10.6. The highest BCUT2D eigenvalue weighted by atomic mass is 79.9. The number of nitrogens with zero attached hydrogens (tertiary/aromatic N) is 3. The summed E-state index contributed by atoms with van der Waals surface area (Å²) in [4.78, 5) is 21.5. The first kappa shape index (κ1) is 15.1. The van der Waals surface area contributed by atoms with Gasteiger partial charge in [-0.05, 0) is 15.9 Å². The highest BCUT2D eigenvalue weighted by Gasteiger charge is 2.35. The van der Waals surface area contributed by atoms with Crippen LogP contribution in [0.4, 0.5) is 5.82 Å². The van der Waals surface area contributed by atoms with Gasteiger partial charge in [-0.3, -0.25) is 9.69 Å². The van der Waals surface area contributed by atoms with E-state index >= 15 is 0 Å². The number of carbonyl (C=O) groups is 1. The van der Waals surface area contributed by atoms with Crippen LogP contribution in [0.5, 0.6) is 5.88 Å². The highest BCUT2D eigenvalue weighted by molar-refractivity contribution is 9.10. The Hall–Kier alpha value is -1.26. The van der Waals surface area contributed by atoms with Crippen LogP contribution in [0.1, 0.15) is 6.42 Å². The maximum atomic E-state index is 12.0. The van der Waals surface area contributed by atoms with Crippen molar-refractivity contribution in [1.29, 1.82) is 0 Å². The average molecular weight is 365 g/mol. The maximum Gasteiger partial charge on any atom is 0.258 e. The predicted octanol–water partition coefficient (Wildman–Crippen LogP) is -0.111. The Labute approximate surface area is 124 Å². The van der Waals surface area contributed by atoms with Crippen LogP contribution in [0.3, 0.4) is 0 Å². The zero-order valence-corrected chi connectivity index (χ0v) is 13.0. The molecule has 0 spiro atoms. The Morgan fingerprint density at radius 3 is 2.90 bits per heavy atom. The molecule has 10 heteroatoms. The maximum absolute atomic E-state index is 12.0. The van der Waals surface area contributed by atoms with Crippen molar-refractivity contribution in [3.63, 3.8) is 0 Å². The van der Waals surface area contributed by atoms with Crippen molar-refractivity contribution in [3.8, 4) is 5.88 Å². The topological polar surface area (TPSA) is 115 Å². The van der Waals surface area contributed by atoms with Crippen LogP contribution in [0.2, 0.25) is 0 Å². The van der Waals surface area contributed by atoms with E-state index in [1.165, 1.54) is 18.2 Å². The standard InChI is InChI=1S/C10H13BrN4O4S/c1-19-10-9(13-3-7(11)14-10)15-4-6(2-8(15)16)5-20(12,17)18/h3,6H,2,4-5H2,1H3,(H2,12,17,18). The van der Waals surface area contributed by atoms with Crippen molar-refractivity contribution in [2.24, 2.45) is 11.1 Å². The fourth-order valence-electron chi connectivity index (χ4n) is 2.09. The molecule has 1 atom stereocenters. The van der Waals surface area contributed by atoms with Crippen LogP contribution >= 0.6 is 15.9 Å². The number of amides is 1. The Kier molecular flexibility index (Phi) is 4.25. The molecule has 1 amide bonds. The van der Waals surface area contributed by atoms with E-state index in [1.807, 2.05) is 0 Å². The quantitative estimate of drug-likeness (QED) is 0.796. The third-order valence-electron chi connectivity index (χ3n) is 2.82. The Morgan fingerprint density at radius 2 is 2.30 bits per heavy atom. The van der Waals surface area contributed by atoms with Gasteiger partial charge in [0.2, 0.25) is 15.9 Å². The molecule has 2 rings (SSSR count). The number of carbonyl (C=O) groups excluding carboxylic acids is 1. The minimum atomic E-state index is -3.61. The molecule has 0 aromatic carbocycles. The van der Waals surface area contributed by atoms with E-state index in [1.54, 1.807) is 0 Å². The average Bonchev–Trinajstić information content (AvgIpc) is 2.67. The third kappa shape index (κ3) is 3.44. The Morgan fingerprint density at radius 1 is 1.60 bits per heavy atom. The number of ether oxygens (including phenoxy) is 1. The molecule has 1 aromatic rings. The van der Waals surface area contributed by atoms with Gasteiger partial charge in [0.25, 0.3) is 5.88 Å². The molecule has 0 bridgehead atoms. The second-order valence-corrected chi connectivity index (χ2v) is 6.90. The van der Waals surface area contributed by atoms with Gasteiger partial charge in [0.1, 0.15) is 4.60 Å². The lowest BCUT2D eigenvalue weighted by molar-refractivity contribution is -0.117. The molecule has 1 fully saturated rings. The van der Waals surface area contributed by atoms with Gasteiger partial charge >= 0.3 is 0 Å². The molecule has 0 saturated carbocycles. The number of primary sulfonamides is 1. The molecule has 2 heterocycles. The van der Waals surface area contributed by atoms with Crippen LogP contribution in [0, 0.1) is 5.92 Å². The van der Waals surface area contributed by atoms with E-state index in [-0.39, 0.29) is 42.2 Å². The fourth-order valence-corrected chi connectivity index (χ4v) is 3.24. The van der Waals surface area contributed by atoms with E-state index in [4.69, 9.17) is 9.88 Å². The SMILES string of the molecule is COc1nc(Br)cnc1N1CC(CS(N)(=O)=O)CC1=O. The summed E-state index contributed by atoms with van der Waals surface area (Å²) in [6, 6.07) is 0. The molecule has 1 saturated heterocycles. The van der Waals surface area contributed by atoms with Crippen molar-refractivity contribution >= 4 is 37.7 Å². The first-order valence-corrected chi connectivity index (χ1v) is 8.18. The van der Waals surface area contributed by atoms with Gasteiger partial charge in [-0.25, -0.2) is 23.5 Å². The number of anilines is 1. The predicted molar refractivity (Wildman–Crippen MR) is 74.7 cm³/mol. The molecule has 1 unspecified atom stereocenters. The number of hydrogen-bond acceptors (Lipinski definition) is 6. The molecule has 8 nitrogen and oxygen atoms in total. The number of nitrogens with two attached hydrogens (primary N) is 1. The lowest BCUT2D eigenvalue weighted by atomic mass is 10.1. The van der Waals surface area contributed by atoms with Crippen molar-refractivity contribution in [1.82, 2.24) is 9.97 Å². The Bertz CT molecular complexity index is 636. The van der Waals surface area contributed by atoms with Crippen LogP contribution in [0.25, 0.3) is 0 Å². The second kappa shape index (κ2) is 5.62. The number of methoxy groups -OCH3 is 1. The minimum absolute atomic E-state index is 0.108. The second-order valence-electron chi connectivity index (χ2n) is 4.43. The van der Waals surface area contributed by atoms with Crippen molar-refractivity contribution < 1.29 is 17.9 Å². The zero-order chi connectivity index (χ0) is 14.9. The summed E-state index contributed by atoms with van der Waals surface area (Å²) >= 11 is 3.16. The summed E-state index contributed by atoms with van der Waals surface area (Å²) in [7, 11) is -2.19. The molecular formula is C10H13BrN4O4S. The summed E-state index contributed by atoms with van der Waals surface area (Å²) < 4.78 is 27.7. The van der Waals surface area contributed by atoms with Crippen LogP contribution in [-0.4, -0.2) is 43.7 Å². The first-order chi connectivity index (χ1) is 9.30. The van der Waals surface area contributed by atoms with Gasteiger partial charge in [-0.1, -0.05) is 0 Å². The van der Waals surface area contributed by atoms with E-state index in [0.717, 1.165) is 0 Å². The number of halogens is 1. The number of sulfonamides is 1. The van der Waals surface area contributed by atoms with Crippen molar-refractivity contribution in [2.45, 2.75) is 6.42 Å². The molecular weight excluding hydrogens is 352 g/mol. The van der Waals surface area contributed by atoms with Crippen molar-refractivity contribution in [2.75, 3.05) is 24.3 Å². The van der Waals surface area contributed by atoms with Gasteiger partial charge in [0, 0.05) is 18.9 Å². The van der Waals surface area contributed by atoms with E-state index in [2.05, 4.69) is 25.9 Å². The Balaban J connectivity index is 2.24. The number of rotatable bonds is 4. The smallest absolute Gasteiger partial charge is 0.258 e. The van der Waals surface area contributed by atoms with Crippen LogP contribution in [0.15, 0.2) is 10.8 Å². The summed E-state index contributed by atoms with van der Waals surface area (Å²) in [5.41, 5.74) is 0. The van der Waals surface area contributed by atoms with Gasteiger partial charge in [0.15, 0.2) is 5.82 Å². The molecule has 110 valence electrons.